The molecule has 0 fully saturated rings. The molecule has 12 nitrogen and oxygen atoms in total. The number of hydrogen-bond donors (Lipinski definition) is 3. The number of amides is 4. The molecule has 53 heavy (non-hydrogen) atoms. The van der Waals surface area contributed by atoms with E-state index in [0.29, 0.717) is 12.1 Å². The number of carbonyl (C=O) groups is 4. The van der Waals surface area contributed by atoms with Gasteiger partial charge in [-0.15, -0.1) is 0 Å². The lowest BCUT2D eigenvalue weighted by Gasteiger charge is -2.42. The molecule has 4 amide bonds. The number of nitrogens with one attached hydrogen (secondary N) is 2. The average Bonchev–Trinajstić information content (AvgIpc) is 3.04. The monoisotopic (exact) mass is 755 g/mol. The molecule has 0 aromatic heterocycles. The molecule has 0 aliphatic rings. The van der Waals surface area contributed by atoms with Gasteiger partial charge in [-0.25, -0.2) is 17.9 Å². The van der Waals surface area contributed by atoms with E-state index >= 15 is 0 Å². The molecule has 2 aromatic carbocycles. The van der Waals surface area contributed by atoms with Crippen molar-refractivity contribution in [3.8, 4) is 0 Å². The minimum absolute atomic E-state index is 0.102. The summed E-state index contributed by atoms with van der Waals surface area (Å²) in [5, 5.41) is 2.98. The molecule has 13 heteroatoms. The molecular weight excluding hydrogens is 695 g/mol. The van der Waals surface area contributed by atoms with Crippen molar-refractivity contribution in [1.82, 2.24) is 19.8 Å². The van der Waals surface area contributed by atoms with Crippen LogP contribution in [0, 0.1) is 11.3 Å². The van der Waals surface area contributed by atoms with E-state index in [4.69, 9.17) is 10.5 Å². The second-order valence-electron chi connectivity index (χ2n) is 16.6. The molecule has 2 aromatic rings. The standard InChI is InChI=1S/C40H61N5O7S/c1-26(2)31(23-27(3)34(46)43-53(50,51)25-29-21-19-28(24-41)20-22-29)44(12)36(48)32(38(4,5)6)42-35(47)33(45(13)37(49)52-39(7,8)9)40(10,11)30-17-15-14-16-18-30/h14-23,26,31-33H,24-25,41H2,1-13H3,(H,42,47)(H,43,46)/b27-23+/t31-,32-,33-/m1/s1. The molecule has 0 heterocycles. The Morgan fingerprint density at radius 2 is 1.38 bits per heavy atom. The predicted molar refractivity (Wildman–Crippen MR) is 209 cm³/mol. The zero-order valence-electron chi connectivity index (χ0n) is 33.7. The van der Waals surface area contributed by atoms with Gasteiger partial charge in [0.05, 0.1) is 11.8 Å². The molecule has 0 saturated heterocycles. The van der Waals surface area contributed by atoms with Crippen molar-refractivity contribution in [3.63, 3.8) is 0 Å². The van der Waals surface area contributed by atoms with Crippen LogP contribution in [0.2, 0.25) is 0 Å². The lowest BCUT2D eigenvalue weighted by Crippen LogP contribution is -2.63. The van der Waals surface area contributed by atoms with E-state index in [-0.39, 0.29) is 11.5 Å². The molecule has 3 atom stereocenters. The minimum atomic E-state index is -4.04. The van der Waals surface area contributed by atoms with Crippen LogP contribution in [-0.2, 0) is 46.9 Å². The quantitative estimate of drug-likeness (QED) is 0.220. The Kier molecular flexibility index (Phi) is 15.0. The van der Waals surface area contributed by atoms with Crippen LogP contribution in [0.25, 0.3) is 0 Å². The van der Waals surface area contributed by atoms with Crippen LogP contribution in [0.15, 0.2) is 66.2 Å². The molecule has 0 aliphatic carbocycles. The van der Waals surface area contributed by atoms with Gasteiger partial charge in [-0.3, -0.25) is 19.3 Å². The number of likely N-dealkylation sites (N-methyl/N-ethyl adjacent to an activating group) is 2. The molecule has 4 N–H and O–H groups in total. The van der Waals surface area contributed by atoms with Crippen LogP contribution in [0.4, 0.5) is 4.79 Å². The number of ether oxygens (including phenoxy) is 1. The van der Waals surface area contributed by atoms with E-state index in [9.17, 15) is 27.6 Å². The Morgan fingerprint density at radius 1 is 0.849 bits per heavy atom. The third-order valence-electron chi connectivity index (χ3n) is 9.04. The number of nitrogens with zero attached hydrogens (tertiary/aromatic N) is 2. The molecule has 2 rings (SSSR count). The van der Waals surface area contributed by atoms with Crippen molar-refractivity contribution >= 4 is 33.8 Å². The highest BCUT2D eigenvalue weighted by Crippen LogP contribution is 2.32. The summed E-state index contributed by atoms with van der Waals surface area (Å²) in [7, 11) is -0.947. The number of carbonyl (C=O) groups excluding carboxylic acids is 4. The van der Waals surface area contributed by atoms with Gasteiger partial charge in [0.25, 0.3) is 5.91 Å². The van der Waals surface area contributed by atoms with Gasteiger partial charge >= 0.3 is 6.09 Å². The second kappa shape index (κ2) is 17.7. The summed E-state index contributed by atoms with van der Waals surface area (Å²) in [6, 6.07) is 13.3. The van der Waals surface area contributed by atoms with E-state index in [1.807, 2.05) is 78.8 Å². The van der Waals surface area contributed by atoms with Crippen molar-refractivity contribution in [1.29, 1.82) is 0 Å². The normalized spacial score (nSPS) is 14.5. The van der Waals surface area contributed by atoms with E-state index in [1.165, 1.54) is 23.8 Å². The van der Waals surface area contributed by atoms with E-state index in [0.717, 1.165) is 11.1 Å². The van der Waals surface area contributed by atoms with Crippen molar-refractivity contribution < 1.29 is 32.3 Å². The summed E-state index contributed by atoms with van der Waals surface area (Å²) < 4.78 is 33.6. The zero-order chi connectivity index (χ0) is 40.7. The van der Waals surface area contributed by atoms with Crippen LogP contribution in [0.1, 0.15) is 92.9 Å². The summed E-state index contributed by atoms with van der Waals surface area (Å²) in [5.41, 5.74) is 5.36. The first-order valence-electron chi connectivity index (χ1n) is 17.8. The second-order valence-corrected chi connectivity index (χ2v) is 18.4. The van der Waals surface area contributed by atoms with Gasteiger partial charge in [0.15, 0.2) is 0 Å². The first-order valence-corrected chi connectivity index (χ1v) is 19.5. The number of sulfonamides is 1. The van der Waals surface area contributed by atoms with Crippen LogP contribution >= 0.6 is 0 Å². The number of benzene rings is 2. The summed E-state index contributed by atoms with van der Waals surface area (Å²) in [4.78, 5) is 58.2. The van der Waals surface area contributed by atoms with Gasteiger partial charge in [-0.1, -0.05) is 109 Å². The Balaban J connectivity index is 2.43. The molecule has 0 bridgehead atoms. The Hall–Kier alpha value is -4.23. The van der Waals surface area contributed by atoms with Crippen LogP contribution in [-0.4, -0.2) is 79.9 Å². The topological polar surface area (TPSA) is 168 Å². The maximum Gasteiger partial charge on any atom is 0.410 e. The van der Waals surface area contributed by atoms with Gasteiger partial charge < -0.3 is 20.7 Å². The molecule has 0 saturated carbocycles. The Bertz CT molecular complexity index is 1720. The Morgan fingerprint density at radius 3 is 1.85 bits per heavy atom. The lowest BCUT2D eigenvalue weighted by atomic mass is 9.76. The minimum Gasteiger partial charge on any atom is -0.444 e. The van der Waals surface area contributed by atoms with Gasteiger partial charge in [-0.05, 0) is 55.7 Å². The Labute approximate surface area is 316 Å². The van der Waals surface area contributed by atoms with Gasteiger partial charge in [0.1, 0.15) is 17.7 Å². The molecule has 0 unspecified atom stereocenters. The molecule has 0 radical (unpaired) electrons. The van der Waals surface area contributed by atoms with Crippen LogP contribution < -0.4 is 15.8 Å². The highest BCUT2D eigenvalue weighted by Gasteiger charge is 2.46. The highest BCUT2D eigenvalue weighted by atomic mass is 32.2. The largest absolute Gasteiger partial charge is 0.444 e. The number of rotatable bonds is 14. The average molecular weight is 756 g/mol. The third kappa shape index (κ3) is 12.7. The van der Waals surface area contributed by atoms with Crippen molar-refractivity contribution in [2.24, 2.45) is 17.1 Å². The first-order chi connectivity index (χ1) is 24.2. The van der Waals surface area contributed by atoms with E-state index in [1.54, 1.807) is 58.2 Å². The first kappa shape index (κ1) is 44.9. The number of hydrogen-bond acceptors (Lipinski definition) is 8. The van der Waals surface area contributed by atoms with E-state index in [2.05, 4.69) is 10.0 Å². The predicted octanol–water partition coefficient (Wildman–Crippen LogP) is 5.26. The third-order valence-corrected chi connectivity index (χ3v) is 10.2. The molecule has 0 spiro atoms. The zero-order valence-corrected chi connectivity index (χ0v) is 34.6. The van der Waals surface area contributed by atoms with Crippen molar-refractivity contribution in [2.45, 2.75) is 118 Å². The van der Waals surface area contributed by atoms with Gasteiger partial charge in [-0.2, -0.15) is 0 Å². The fourth-order valence-electron chi connectivity index (χ4n) is 6.01. The van der Waals surface area contributed by atoms with Gasteiger partial charge in [0.2, 0.25) is 21.8 Å². The maximum absolute atomic E-state index is 14.5. The molecule has 294 valence electrons. The SMILES string of the molecule is C/C(=C\[C@H](C(C)C)N(C)C(=O)[C@@H](NC(=O)[C@@H](N(C)C(=O)OC(C)(C)C)C(C)(C)c1ccccc1)C(C)(C)C)C(=O)NS(=O)(=O)Cc1ccc(CN)cc1. The summed E-state index contributed by atoms with van der Waals surface area (Å²) >= 11 is 0. The lowest BCUT2D eigenvalue weighted by molar-refractivity contribution is -0.141. The fraction of sp³-hybridized carbons (Fsp3) is 0.550. The number of nitrogens with two attached hydrogens (primary N) is 1. The van der Waals surface area contributed by atoms with E-state index < -0.39 is 74.1 Å². The fourth-order valence-corrected chi connectivity index (χ4v) is 7.15. The summed E-state index contributed by atoms with van der Waals surface area (Å²) in [5.74, 6) is -2.40. The molecular formula is C40H61N5O7S. The van der Waals surface area contributed by atoms with Crippen molar-refractivity contribution in [2.75, 3.05) is 14.1 Å². The smallest absolute Gasteiger partial charge is 0.410 e. The van der Waals surface area contributed by atoms with Crippen LogP contribution in [0.5, 0.6) is 0 Å². The summed E-state index contributed by atoms with van der Waals surface area (Å²) in [6.45, 7) is 20.0. The summed E-state index contributed by atoms with van der Waals surface area (Å²) in [6.07, 6.45) is 0.866. The van der Waals surface area contributed by atoms with Gasteiger partial charge in [0, 0.05) is 31.6 Å². The van der Waals surface area contributed by atoms with Crippen LogP contribution in [0.3, 0.4) is 0 Å². The molecule has 0 aliphatic heterocycles. The highest BCUT2D eigenvalue weighted by molar-refractivity contribution is 7.89. The maximum atomic E-state index is 14.5. The van der Waals surface area contributed by atoms with Crippen molar-refractivity contribution in [3.05, 3.63) is 82.9 Å².